The zero-order valence-corrected chi connectivity index (χ0v) is 14.7. The summed E-state index contributed by atoms with van der Waals surface area (Å²) in [7, 11) is -2.96. The molecule has 0 amide bonds. The second-order valence-electron chi connectivity index (χ2n) is 6.30. The highest BCUT2D eigenvalue weighted by Crippen LogP contribution is 2.30. The summed E-state index contributed by atoms with van der Waals surface area (Å²) in [6.45, 7) is 5.58. The van der Waals surface area contributed by atoms with Crippen LogP contribution in [0.4, 0.5) is 13.2 Å². The number of nitrogens with zero attached hydrogens (tertiary/aromatic N) is 2. The maximum atomic E-state index is 12.6. The summed E-state index contributed by atoms with van der Waals surface area (Å²) in [5, 5.41) is 0. The van der Waals surface area contributed by atoms with E-state index in [4.69, 9.17) is 0 Å². The largest absolute Gasteiger partial charge is 0.416 e. The smallest absolute Gasteiger partial charge is 0.300 e. The molecule has 1 heterocycles. The van der Waals surface area contributed by atoms with Gasteiger partial charge in [-0.15, -0.1) is 0 Å². The molecule has 1 saturated heterocycles. The van der Waals surface area contributed by atoms with Crippen molar-refractivity contribution in [2.75, 3.05) is 44.7 Å². The van der Waals surface area contributed by atoms with Gasteiger partial charge in [0.2, 0.25) is 0 Å². The zero-order chi connectivity index (χ0) is 18.0. The van der Waals surface area contributed by atoms with E-state index in [1.807, 2.05) is 6.92 Å². The van der Waals surface area contributed by atoms with Crippen LogP contribution in [0.1, 0.15) is 24.1 Å². The van der Waals surface area contributed by atoms with Crippen LogP contribution in [-0.2, 0) is 16.0 Å². The van der Waals surface area contributed by atoms with E-state index in [9.17, 15) is 21.6 Å². The maximum Gasteiger partial charge on any atom is 0.416 e. The Bertz CT molecular complexity index is 636. The normalized spacial score (nSPS) is 19.4. The minimum Gasteiger partial charge on any atom is -0.300 e. The van der Waals surface area contributed by atoms with E-state index in [-0.39, 0.29) is 11.8 Å². The van der Waals surface area contributed by atoms with Crippen LogP contribution in [-0.4, -0.2) is 63.0 Å². The van der Waals surface area contributed by atoms with Crippen LogP contribution < -0.4 is 0 Å². The average Bonchev–Trinajstić information content (AvgIpc) is 2.51. The van der Waals surface area contributed by atoms with Crippen molar-refractivity contribution >= 4 is 9.84 Å². The number of alkyl halides is 3. The van der Waals surface area contributed by atoms with Crippen molar-refractivity contribution in [1.82, 2.24) is 9.80 Å². The van der Waals surface area contributed by atoms with E-state index >= 15 is 0 Å². The third-order valence-corrected chi connectivity index (χ3v) is 5.38. The lowest BCUT2D eigenvalue weighted by Crippen LogP contribution is -2.48. The minimum atomic E-state index is -4.31. The first-order valence-electron chi connectivity index (χ1n) is 7.87. The van der Waals surface area contributed by atoms with Crippen molar-refractivity contribution < 1.29 is 21.6 Å². The molecule has 0 bridgehead atoms. The fourth-order valence-electron chi connectivity index (χ4n) is 2.83. The number of hydrogen-bond donors (Lipinski definition) is 0. The monoisotopic (exact) mass is 364 g/mol. The predicted molar refractivity (Wildman–Crippen MR) is 87.6 cm³/mol. The molecule has 0 radical (unpaired) electrons. The Morgan fingerprint density at radius 1 is 1.08 bits per heavy atom. The molecule has 1 atom stereocenters. The van der Waals surface area contributed by atoms with Crippen LogP contribution in [0.5, 0.6) is 0 Å². The maximum absolute atomic E-state index is 12.6. The first kappa shape index (κ1) is 19.2. The van der Waals surface area contributed by atoms with E-state index in [1.54, 1.807) is 0 Å². The summed E-state index contributed by atoms with van der Waals surface area (Å²) in [5.41, 5.74) is 0.219. The molecule has 136 valence electrons. The molecule has 8 heteroatoms. The standard InChI is InChI=1S/C16H23F3N2O2S/c1-13(14-3-5-15(6-4-14)16(17,18)19)21-9-7-20(8-10-21)11-12-24(2,22)23/h3-6,13H,7-12H2,1-2H3/t13-/m1/s1. The summed E-state index contributed by atoms with van der Waals surface area (Å²) in [6.07, 6.45) is -3.08. The molecule has 4 nitrogen and oxygen atoms in total. The molecule has 0 unspecified atom stereocenters. The van der Waals surface area contributed by atoms with E-state index in [2.05, 4.69) is 9.80 Å². The van der Waals surface area contributed by atoms with Crippen molar-refractivity contribution in [2.24, 2.45) is 0 Å². The van der Waals surface area contributed by atoms with E-state index < -0.39 is 21.6 Å². The lowest BCUT2D eigenvalue weighted by Gasteiger charge is -2.38. The molecule has 0 aromatic heterocycles. The third-order valence-electron chi connectivity index (χ3n) is 4.45. The average molecular weight is 364 g/mol. The van der Waals surface area contributed by atoms with Gasteiger partial charge in [-0.1, -0.05) is 12.1 Å². The van der Waals surface area contributed by atoms with Gasteiger partial charge >= 0.3 is 6.18 Å². The SMILES string of the molecule is C[C@H](c1ccc(C(F)(F)F)cc1)N1CCN(CCS(C)(=O)=O)CC1. The summed E-state index contributed by atoms with van der Waals surface area (Å²) >= 11 is 0. The van der Waals surface area contributed by atoms with Crippen LogP contribution in [0.3, 0.4) is 0 Å². The molecule has 1 aliphatic rings. The van der Waals surface area contributed by atoms with Crippen molar-refractivity contribution in [3.63, 3.8) is 0 Å². The highest BCUT2D eigenvalue weighted by molar-refractivity contribution is 7.90. The number of halogens is 3. The lowest BCUT2D eigenvalue weighted by atomic mass is 10.0. The minimum absolute atomic E-state index is 0.0318. The van der Waals surface area contributed by atoms with Gasteiger partial charge in [0.1, 0.15) is 9.84 Å². The van der Waals surface area contributed by atoms with Gasteiger partial charge in [0.15, 0.2) is 0 Å². The second kappa shape index (κ2) is 7.41. The van der Waals surface area contributed by atoms with Gasteiger partial charge in [-0.25, -0.2) is 8.42 Å². The fourth-order valence-corrected chi connectivity index (χ4v) is 3.42. The molecule has 0 N–H and O–H groups in total. The van der Waals surface area contributed by atoms with Crippen LogP contribution in [0.25, 0.3) is 0 Å². The lowest BCUT2D eigenvalue weighted by molar-refractivity contribution is -0.137. The molecule has 1 fully saturated rings. The van der Waals surface area contributed by atoms with Crippen molar-refractivity contribution in [3.8, 4) is 0 Å². The highest BCUT2D eigenvalue weighted by Gasteiger charge is 2.30. The number of sulfone groups is 1. The van der Waals surface area contributed by atoms with Crippen molar-refractivity contribution in [3.05, 3.63) is 35.4 Å². The van der Waals surface area contributed by atoms with E-state index in [0.717, 1.165) is 43.9 Å². The molecule has 0 spiro atoms. The zero-order valence-electron chi connectivity index (χ0n) is 13.9. The first-order chi connectivity index (χ1) is 11.1. The van der Waals surface area contributed by atoms with Gasteiger partial charge in [0, 0.05) is 45.0 Å². The number of rotatable bonds is 5. The van der Waals surface area contributed by atoms with E-state index in [1.165, 1.54) is 18.4 Å². The Morgan fingerprint density at radius 3 is 2.08 bits per heavy atom. The molecule has 24 heavy (non-hydrogen) atoms. The third kappa shape index (κ3) is 5.46. The molecule has 1 aromatic rings. The summed E-state index contributed by atoms with van der Waals surface area (Å²) in [6, 6.07) is 5.33. The van der Waals surface area contributed by atoms with Gasteiger partial charge in [0.25, 0.3) is 0 Å². The molecule has 1 aliphatic heterocycles. The van der Waals surface area contributed by atoms with Crippen molar-refractivity contribution in [1.29, 1.82) is 0 Å². The molecule has 1 aromatic carbocycles. The van der Waals surface area contributed by atoms with Crippen LogP contribution in [0.15, 0.2) is 24.3 Å². The molecule has 0 saturated carbocycles. The summed E-state index contributed by atoms with van der Waals surface area (Å²) < 4.78 is 60.3. The highest BCUT2D eigenvalue weighted by atomic mass is 32.2. The molecular weight excluding hydrogens is 341 g/mol. The fraction of sp³-hybridized carbons (Fsp3) is 0.625. The molecule has 2 rings (SSSR count). The molecular formula is C16H23F3N2O2S. The van der Waals surface area contributed by atoms with E-state index in [0.29, 0.717) is 6.54 Å². The Balaban J connectivity index is 1.89. The van der Waals surface area contributed by atoms with Gasteiger partial charge in [-0.2, -0.15) is 13.2 Å². The summed E-state index contributed by atoms with van der Waals surface area (Å²) in [4.78, 5) is 4.32. The topological polar surface area (TPSA) is 40.6 Å². The molecule has 0 aliphatic carbocycles. The Kier molecular flexibility index (Phi) is 5.93. The summed E-state index contributed by atoms with van der Waals surface area (Å²) in [5.74, 6) is 0.154. The van der Waals surface area contributed by atoms with Crippen molar-refractivity contribution in [2.45, 2.75) is 19.1 Å². The second-order valence-corrected chi connectivity index (χ2v) is 8.56. The van der Waals surface area contributed by atoms with Gasteiger partial charge in [-0.3, -0.25) is 9.80 Å². The Hall–Kier alpha value is -1.12. The van der Waals surface area contributed by atoms with Gasteiger partial charge in [-0.05, 0) is 24.6 Å². The predicted octanol–water partition coefficient (Wildman–Crippen LogP) is 2.43. The number of benzene rings is 1. The quantitative estimate of drug-likeness (QED) is 0.805. The Labute approximate surface area is 141 Å². The Morgan fingerprint density at radius 2 is 1.62 bits per heavy atom. The van der Waals surface area contributed by atoms with Crippen LogP contribution >= 0.6 is 0 Å². The number of piperazine rings is 1. The van der Waals surface area contributed by atoms with Gasteiger partial charge < -0.3 is 0 Å². The first-order valence-corrected chi connectivity index (χ1v) is 9.93. The number of hydrogen-bond acceptors (Lipinski definition) is 4. The van der Waals surface area contributed by atoms with Crippen LogP contribution in [0, 0.1) is 0 Å². The van der Waals surface area contributed by atoms with Gasteiger partial charge in [0.05, 0.1) is 11.3 Å². The van der Waals surface area contributed by atoms with Crippen LogP contribution in [0.2, 0.25) is 0 Å².